The molecule has 1 N–H and O–H groups in total. The summed E-state index contributed by atoms with van der Waals surface area (Å²) in [6.45, 7) is 7.97. The van der Waals surface area contributed by atoms with Crippen molar-refractivity contribution in [3.63, 3.8) is 0 Å². The number of aryl methyl sites for hydroxylation is 1. The Balaban J connectivity index is 1.54. The van der Waals surface area contributed by atoms with Gasteiger partial charge >= 0.3 is 0 Å². The maximum Gasteiger partial charge on any atom is 0.246 e. The predicted octanol–water partition coefficient (Wildman–Crippen LogP) is 3.49. The van der Waals surface area contributed by atoms with E-state index in [0.29, 0.717) is 48.3 Å². The average Bonchev–Trinajstić information content (AvgIpc) is 3.29. The summed E-state index contributed by atoms with van der Waals surface area (Å²) in [6.07, 6.45) is 4.52. The maximum atomic E-state index is 11.9. The van der Waals surface area contributed by atoms with E-state index in [2.05, 4.69) is 36.6 Å². The summed E-state index contributed by atoms with van der Waals surface area (Å²) in [5.74, 6) is 1.54. The molecule has 0 bridgehead atoms. The first-order valence-electron chi connectivity index (χ1n) is 10.1. The van der Waals surface area contributed by atoms with Gasteiger partial charge in [-0.3, -0.25) is 9.89 Å². The van der Waals surface area contributed by atoms with Crippen molar-refractivity contribution in [1.29, 1.82) is 0 Å². The fourth-order valence-corrected chi connectivity index (χ4v) is 4.10. The Hall–Kier alpha value is -3.72. The summed E-state index contributed by atoms with van der Waals surface area (Å²) in [5, 5.41) is 9.02. The molecular formula is C22H20ClN7O2. The van der Waals surface area contributed by atoms with Gasteiger partial charge in [0, 0.05) is 31.9 Å². The third-order valence-corrected chi connectivity index (χ3v) is 5.79. The highest BCUT2D eigenvalue weighted by Gasteiger charge is 2.23. The van der Waals surface area contributed by atoms with Crippen LogP contribution in [0.3, 0.4) is 0 Å². The Morgan fingerprint density at radius 2 is 2.03 bits per heavy atom. The van der Waals surface area contributed by atoms with E-state index in [0.717, 1.165) is 27.8 Å². The molecule has 0 atom stereocenters. The van der Waals surface area contributed by atoms with Crippen LogP contribution in [-0.2, 0) is 4.79 Å². The number of H-pyrrole nitrogens is 1. The van der Waals surface area contributed by atoms with Crippen LogP contribution in [0.15, 0.2) is 43.4 Å². The number of aromatic amines is 1. The van der Waals surface area contributed by atoms with Crippen LogP contribution in [0.25, 0.3) is 21.8 Å². The summed E-state index contributed by atoms with van der Waals surface area (Å²) >= 11 is 6.43. The van der Waals surface area contributed by atoms with Crippen molar-refractivity contribution in [3.05, 3.63) is 54.1 Å². The van der Waals surface area contributed by atoms with Crippen LogP contribution in [0.1, 0.15) is 5.69 Å². The Morgan fingerprint density at radius 1 is 1.22 bits per heavy atom. The molecule has 0 saturated carbocycles. The van der Waals surface area contributed by atoms with E-state index >= 15 is 0 Å². The number of fused-ring (bicyclic) bond motifs is 2. The number of anilines is 1. The van der Waals surface area contributed by atoms with Crippen LogP contribution < -0.4 is 9.64 Å². The van der Waals surface area contributed by atoms with Crippen LogP contribution in [-0.4, -0.2) is 62.1 Å². The standard InChI is InChI=1S/C22H20ClN7O2/c1-3-18(31)29-6-8-30(9-7-29)21-14-10-13(2)27-22(19(14)24-12-25-21)32-20-15-11-26-28-17(15)5-4-16(20)23/h3-5,10-12H,1,6-9H2,2H3,(H,26,28). The number of halogens is 1. The first-order valence-corrected chi connectivity index (χ1v) is 10.5. The van der Waals surface area contributed by atoms with Crippen molar-refractivity contribution in [3.8, 4) is 11.6 Å². The van der Waals surface area contributed by atoms with Gasteiger partial charge < -0.3 is 14.5 Å². The molecule has 4 heterocycles. The molecule has 4 aromatic rings. The van der Waals surface area contributed by atoms with Crippen molar-refractivity contribution in [1.82, 2.24) is 30.0 Å². The lowest BCUT2D eigenvalue weighted by molar-refractivity contribution is -0.126. The zero-order valence-corrected chi connectivity index (χ0v) is 18.1. The van der Waals surface area contributed by atoms with Crippen LogP contribution >= 0.6 is 11.6 Å². The summed E-state index contributed by atoms with van der Waals surface area (Å²) < 4.78 is 6.20. The maximum absolute atomic E-state index is 11.9. The molecule has 0 radical (unpaired) electrons. The minimum atomic E-state index is -0.0572. The molecule has 1 aliphatic rings. The minimum absolute atomic E-state index is 0.0572. The summed E-state index contributed by atoms with van der Waals surface area (Å²) in [6, 6.07) is 5.54. The first-order chi connectivity index (χ1) is 15.5. The largest absolute Gasteiger partial charge is 0.435 e. The number of piperazine rings is 1. The second-order valence-electron chi connectivity index (χ2n) is 7.49. The molecule has 1 amide bonds. The van der Waals surface area contributed by atoms with E-state index in [1.807, 2.05) is 19.1 Å². The van der Waals surface area contributed by atoms with Crippen molar-refractivity contribution in [2.45, 2.75) is 6.92 Å². The van der Waals surface area contributed by atoms with Gasteiger partial charge in [-0.1, -0.05) is 18.2 Å². The highest BCUT2D eigenvalue weighted by Crippen LogP contribution is 2.38. The van der Waals surface area contributed by atoms with Crippen molar-refractivity contribution in [2.75, 3.05) is 31.1 Å². The summed E-state index contributed by atoms with van der Waals surface area (Å²) in [7, 11) is 0. The molecule has 1 aromatic carbocycles. The zero-order valence-electron chi connectivity index (χ0n) is 17.4. The van der Waals surface area contributed by atoms with Crippen molar-refractivity contribution < 1.29 is 9.53 Å². The average molecular weight is 450 g/mol. The van der Waals surface area contributed by atoms with Gasteiger partial charge in [0.1, 0.15) is 17.7 Å². The van der Waals surface area contributed by atoms with E-state index in [1.54, 1.807) is 17.2 Å². The molecule has 32 heavy (non-hydrogen) atoms. The molecule has 5 rings (SSSR count). The van der Waals surface area contributed by atoms with E-state index in [4.69, 9.17) is 16.3 Å². The van der Waals surface area contributed by atoms with Gasteiger partial charge in [0.2, 0.25) is 11.8 Å². The van der Waals surface area contributed by atoms with Gasteiger partial charge in [0.05, 0.1) is 27.5 Å². The van der Waals surface area contributed by atoms with Gasteiger partial charge in [-0.05, 0) is 31.2 Å². The fraction of sp³-hybridized carbons (Fsp3) is 0.227. The third kappa shape index (κ3) is 3.50. The van der Waals surface area contributed by atoms with E-state index < -0.39 is 0 Å². The number of pyridine rings is 1. The molecule has 10 heteroatoms. The molecule has 1 fully saturated rings. The summed E-state index contributed by atoms with van der Waals surface area (Å²) in [4.78, 5) is 29.4. The normalized spacial score (nSPS) is 14.2. The molecule has 3 aromatic heterocycles. The Kier molecular flexibility index (Phi) is 5.10. The number of hydrogen-bond acceptors (Lipinski definition) is 7. The smallest absolute Gasteiger partial charge is 0.246 e. The molecule has 9 nitrogen and oxygen atoms in total. The van der Waals surface area contributed by atoms with Crippen LogP contribution in [0, 0.1) is 6.92 Å². The molecule has 0 aliphatic carbocycles. The Bertz CT molecular complexity index is 1350. The number of hydrogen-bond donors (Lipinski definition) is 1. The topological polar surface area (TPSA) is 100 Å². The number of carbonyl (C=O) groups is 1. The quantitative estimate of drug-likeness (QED) is 0.476. The highest BCUT2D eigenvalue weighted by atomic mass is 35.5. The van der Waals surface area contributed by atoms with Gasteiger partial charge in [0.25, 0.3) is 0 Å². The molecule has 1 saturated heterocycles. The number of amides is 1. The molecule has 0 spiro atoms. The first kappa shape index (κ1) is 20.2. The fourth-order valence-electron chi connectivity index (χ4n) is 3.90. The predicted molar refractivity (Wildman–Crippen MR) is 122 cm³/mol. The van der Waals surface area contributed by atoms with E-state index in [-0.39, 0.29) is 5.91 Å². The second kappa shape index (κ2) is 8.08. The van der Waals surface area contributed by atoms with E-state index in [9.17, 15) is 4.79 Å². The van der Waals surface area contributed by atoms with Crippen LogP contribution in [0.5, 0.6) is 11.6 Å². The van der Waals surface area contributed by atoms with Crippen molar-refractivity contribution in [2.24, 2.45) is 0 Å². The number of nitrogens with one attached hydrogen (secondary N) is 1. The molecule has 0 unspecified atom stereocenters. The monoisotopic (exact) mass is 449 g/mol. The SMILES string of the molecule is C=CC(=O)N1CCN(c2ncnc3c(Oc4c(Cl)ccc5[nH]ncc45)nc(C)cc23)CC1. The highest BCUT2D eigenvalue weighted by molar-refractivity contribution is 6.33. The van der Waals surface area contributed by atoms with Crippen LogP contribution in [0.2, 0.25) is 5.02 Å². The van der Waals surface area contributed by atoms with Gasteiger partial charge in [-0.25, -0.2) is 15.0 Å². The zero-order chi connectivity index (χ0) is 22.2. The summed E-state index contributed by atoms with van der Waals surface area (Å²) in [5.41, 5.74) is 2.16. The lowest BCUT2D eigenvalue weighted by Gasteiger charge is -2.35. The molecule has 162 valence electrons. The number of rotatable bonds is 4. The van der Waals surface area contributed by atoms with Crippen LogP contribution in [0.4, 0.5) is 5.82 Å². The molecule has 1 aliphatic heterocycles. The lowest BCUT2D eigenvalue weighted by Crippen LogP contribution is -2.48. The number of aromatic nitrogens is 5. The number of benzene rings is 1. The minimum Gasteiger partial charge on any atom is -0.435 e. The van der Waals surface area contributed by atoms with E-state index in [1.165, 1.54) is 12.4 Å². The van der Waals surface area contributed by atoms with Crippen molar-refractivity contribution >= 4 is 45.1 Å². The lowest BCUT2D eigenvalue weighted by atomic mass is 10.2. The second-order valence-corrected chi connectivity index (χ2v) is 7.90. The van der Waals surface area contributed by atoms with Gasteiger partial charge in [0.15, 0.2) is 5.75 Å². The number of nitrogens with zero attached hydrogens (tertiary/aromatic N) is 6. The van der Waals surface area contributed by atoms with Gasteiger partial charge in [-0.15, -0.1) is 0 Å². The Morgan fingerprint density at radius 3 is 2.81 bits per heavy atom. The van der Waals surface area contributed by atoms with Gasteiger partial charge in [-0.2, -0.15) is 5.10 Å². The third-order valence-electron chi connectivity index (χ3n) is 5.49. The Labute approximate surface area is 188 Å². The molecular weight excluding hydrogens is 430 g/mol. The number of carbonyl (C=O) groups excluding carboxylic acids is 1. The number of ether oxygens (including phenoxy) is 1.